The van der Waals surface area contributed by atoms with Gasteiger partial charge >= 0.3 is 0 Å². The van der Waals surface area contributed by atoms with Crippen molar-refractivity contribution >= 4 is 78.6 Å². The highest BCUT2D eigenvalue weighted by Gasteiger charge is 2.41. The Hall–Kier alpha value is -3.80. The number of imide groups is 1. The molecule has 0 saturated carbocycles. The predicted molar refractivity (Wildman–Crippen MR) is 136 cm³/mol. The quantitative estimate of drug-likeness (QED) is 0.259. The van der Waals surface area contributed by atoms with Crippen molar-refractivity contribution in [3.8, 4) is 0 Å². The number of carbonyl (C=O) groups excluding carboxylic acids is 2. The Morgan fingerprint density at radius 1 is 0.618 bits per heavy atom. The summed E-state index contributed by atoms with van der Waals surface area (Å²) in [7, 11) is 0. The average molecular weight is 484 g/mol. The molecule has 2 N–H and O–H groups in total. The standard InChI is InChI=1S/C27H15Cl2N3O2/c28-16-10-4-8-14-18-20-21(27(34)32(26(20)33)12-13-6-2-1-3-7-13)19-15-9-5-11-17(29)23(15)31-25(19)24(18)30-22(14)16/h1-11,30-31H,12H2. The van der Waals surface area contributed by atoms with Crippen LogP contribution in [0.25, 0.3) is 43.6 Å². The first-order valence-corrected chi connectivity index (χ1v) is 11.6. The summed E-state index contributed by atoms with van der Waals surface area (Å²) in [5, 5.41) is 4.07. The fourth-order valence-corrected chi connectivity index (χ4v) is 5.65. The molecule has 0 fully saturated rings. The maximum absolute atomic E-state index is 13.8. The molecule has 0 aliphatic carbocycles. The number of hydrogen-bond donors (Lipinski definition) is 2. The van der Waals surface area contributed by atoms with Crippen molar-refractivity contribution in [2.75, 3.05) is 0 Å². The maximum atomic E-state index is 13.8. The van der Waals surface area contributed by atoms with Crippen LogP contribution < -0.4 is 0 Å². The highest BCUT2D eigenvalue weighted by atomic mass is 35.5. The third-order valence-corrected chi connectivity index (χ3v) is 7.30. The third kappa shape index (κ3) is 2.45. The molecule has 0 spiro atoms. The molecule has 0 bridgehead atoms. The predicted octanol–water partition coefficient (Wildman–Crippen LogP) is 7.06. The van der Waals surface area contributed by atoms with Crippen LogP contribution in [-0.2, 0) is 6.54 Å². The van der Waals surface area contributed by atoms with Crippen LogP contribution >= 0.6 is 23.2 Å². The van der Waals surface area contributed by atoms with Gasteiger partial charge in [-0.3, -0.25) is 14.5 Å². The molecule has 0 saturated heterocycles. The van der Waals surface area contributed by atoms with Gasteiger partial charge in [-0.15, -0.1) is 0 Å². The monoisotopic (exact) mass is 483 g/mol. The lowest BCUT2D eigenvalue weighted by molar-refractivity contribution is 0.0643. The number of amides is 2. The second-order valence-corrected chi connectivity index (χ2v) is 9.32. The van der Waals surface area contributed by atoms with Crippen molar-refractivity contribution < 1.29 is 9.59 Å². The second kappa shape index (κ2) is 6.86. The molecule has 2 aromatic heterocycles. The highest BCUT2D eigenvalue weighted by molar-refractivity contribution is 6.43. The Bertz CT molecular complexity index is 1740. The van der Waals surface area contributed by atoms with E-state index < -0.39 is 0 Å². The van der Waals surface area contributed by atoms with Gasteiger partial charge in [-0.1, -0.05) is 77.8 Å². The number of H-pyrrole nitrogens is 2. The molecule has 7 heteroatoms. The van der Waals surface area contributed by atoms with E-state index in [2.05, 4.69) is 9.97 Å². The van der Waals surface area contributed by atoms with E-state index >= 15 is 0 Å². The Morgan fingerprint density at radius 2 is 1.12 bits per heavy atom. The smallest absolute Gasteiger partial charge is 0.262 e. The van der Waals surface area contributed by atoms with E-state index in [0.717, 1.165) is 38.4 Å². The normalized spacial score (nSPS) is 13.8. The van der Waals surface area contributed by atoms with Gasteiger partial charge in [-0.2, -0.15) is 0 Å². The molecule has 164 valence electrons. The van der Waals surface area contributed by atoms with Crippen molar-refractivity contribution in [2.24, 2.45) is 0 Å². The largest absolute Gasteiger partial charge is 0.352 e. The number of rotatable bonds is 2. The Kier molecular flexibility index (Phi) is 3.96. The van der Waals surface area contributed by atoms with Crippen LogP contribution in [0, 0.1) is 0 Å². The molecule has 0 atom stereocenters. The first-order chi connectivity index (χ1) is 16.5. The molecule has 1 aliphatic heterocycles. The number of hydrogen-bond acceptors (Lipinski definition) is 2. The van der Waals surface area contributed by atoms with Gasteiger partial charge in [0.1, 0.15) is 0 Å². The van der Waals surface area contributed by atoms with E-state index in [9.17, 15) is 9.59 Å². The fraction of sp³-hybridized carbons (Fsp3) is 0.0370. The van der Waals surface area contributed by atoms with Crippen LogP contribution in [0.1, 0.15) is 26.3 Å². The van der Waals surface area contributed by atoms with Gasteiger partial charge in [0.25, 0.3) is 11.8 Å². The molecule has 0 radical (unpaired) electrons. The first-order valence-electron chi connectivity index (χ1n) is 10.8. The summed E-state index contributed by atoms with van der Waals surface area (Å²) in [4.78, 5) is 35.8. The molecule has 7 rings (SSSR count). The summed E-state index contributed by atoms with van der Waals surface area (Å²) in [5.41, 5.74) is 4.59. The summed E-state index contributed by atoms with van der Waals surface area (Å²) in [6, 6.07) is 20.6. The molecule has 0 unspecified atom stereocenters. The summed E-state index contributed by atoms with van der Waals surface area (Å²) < 4.78 is 0. The van der Waals surface area contributed by atoms with Gasteiger partial charge in [0, 0.05) is 21.5 Å². The Labute approximate surface area is 202 Å². The van der Waals surface area contributed by atoms with Crippen molar-refractivity contribution in [2.45, 2.75) is 6.54 Å². The lowest BCUT2D eigenvalue weighted by Crippen LogP contribution is -2.29. The van der Waals surface area contributed by atoms with Crippen LogP contribution in [-0.4, -0.2) is 26.7 Å². The van der Waals surface area contributed by atoms with Crippen LogP contribution in [0.2, 0.25) is 10.0 Å². The van der Waals surface area contributed by atoms with Gasteiger partial charge in [0.15, 0.2) is 0 Å². The number of benzene rings is 4. The molecule has 6 aromatic rings. The summed E-state index contributed by atoms with van der Waals surface area (Å²) in [6.07, 6.45) is 0. The van der Waals surface area contributed by atoms with Gasteiger partial charge in [0.05, 0.1) is 49.8 Å². The molecular weight excluding hydrogens is 469 g/mol. The zero-order valence-corrected chi connectivity index (χ0v) is 19.1. The average Bonchev–Trinajstić information content (AvgIpc) is 3.48. The minimum Gasteiger partial charge on any atom is -0.352 e. The van der Waals surface area contributed by atoms with Gasteiger partial charge < -0.3 is 9.97 Å². The van der Waals surface area contributed by atoms with E-state index in [4.69, 9.17) is 23.2 Å². The van der Waals surface area contributed by atoms with Gasteiger partial charge in [-0.05, 0) is 17.7 Å². The van der Waals surface area contributed by atoms with E-state index in [0.29, 0.717) is 31.9 Å². The number of fused-ring (bicyclic) bond motifs is 10. The number of carbonyl (C=O) groups is 2. The fourth-order valence-electron chi connectivity index (χ4n) is 5.21. The van der Waals surface area contributed by atoms with Crippen molar-refractivity contribution in [3.05, 3.63) is 93.5 Å². The van der Waals surface area contributed by atoms with Crippen LogP contribution in [0.4, 0.5) is 0 Å². The molecule has 4 aromatic carbocycles. The SMILES string of the molecule is O=C1c2c(c3c4cccc(Cl)c4[nH]c3c3[nH]c4c(Cl)cccc4c23)C(=O)N1Cc1ccccc1. The molecular formula is C27H15Cl2N3O2. The number of aromatic amines is 2. The number of halogens is 2. The lowest BCUT2D eigenvalue weighted by atomic mass is 9.97. The lowest BCUT2D eigenvalue weighted by Gasteiger charge is -2.13. The van der Waals surface area contributed by atoms with Crippen LogP contribution in [0.15, 0.2) is 66.7 Å². The number of aromatic nitrogens is 2. The first kappa shape index (κ1) is 19.6. The van der Waals surface area contributed by atoms with E-state index in [1.807, 2.05) is 54.6 Å². The number of nitrogens with zero attached hydrogens (tertiary/aromatic N) is 1. The van der Waals surface area contributed by atoms with Gasteiger partial charge in [0.2, 0.25) is 0 Å². The van der Waals surface area contributed by atoms with Crippen molar-refractivity contribution in [1.82, 2.24) is 14.9 Å². The zero-order chi connectivity index (χ0) is 23.1. The van der Waals surface area contributed by atoms with Crippen molar-refractivity contribution in [3.63, 3.8) is 0 Å². The summed E-state index contributed by atoms with van der Waals surface area (Å²) in [5.74, 6) is -0.624. The van der Waals surface area contributed by atoms with E-state index in [1.54, 1.807) is 12.1 Å². The third-order valence-electron chi connectivity index (χ3n) is 6.67. The minimum atomic E-state index is -0.312. The van der Waals surface area contributed by atoms with Crippen molar-refractivity contribution in [1.29, 1.82) is 0 Å². The zero-order valence-electron chi connectivity index (χ0n) is 17.6. The summed E-state index contributed by atoms with van der Waals surface area (Å²) >= 11 is 13.0. The molecule has 3 heterocycles. The Balaban J connectivity index is 1.65. The molecule has 1 aliphatic rings. The molecule has 34 heavy (non-hydrogen) atoms. The van der Waals surface area contributed by atoms with E-state index in [-0.39, 0.29) is 18.4 Å². The topological polar surface area (TPSA) is 69.0 Å². The molecule has 2 amide bonds. The van der Waals surface area contributed by atoms with Crippen LogP contribution in [0.5, 0.6) is 0 Å². The minimum absolute atomic E-state index is 0.197. The van der Waals surface area contributed by atoms with Gasteiger partial charge in [-0.25, -0.2) is 0 Å². The summed E-state index contributed by atoms with van der Waals surface area (Å²) in [6.45, 7) is 0.197. The highest BCUT2D eigenvalue weighted by Crippen LogP contribution is 2.45. The number of para-hydroxylation sites is 2. The second-order valence-electron chi connectivity index (χ2n) is 8.51. The molecule has 5 nitrogen and oxygen atoms in total. The van der Waals surface area contributed by atoms with E-state index in [1.165, 1.54) is 4.90 Å². The number of nitrogens with one attached hydrogen (secondary N) is 2. The van der Waals surface area contributed by atoms with Crippen LogP contribution in [0.3, 0.4) is 0 Å². The maximum Gasteiger partial charge on any atom is 0.262 e. The Morgan fingerprint density at radius 3 is 1.62 bits per heavy atom.